The molecular formula is C58H39N5. The van der Waals surface area contributed by atoms with E-state index in [1.807, 2.05) is 30.5 Å². The van der Waals surface area contributed by atoms with Gasteiger partial charge < -0.3 is 14.0 Å². The van der Waals surface area contributed by atoms with Gasteiger partial charge in [-0.05, 0) is 66.2 Å². The van der Waals surface area contributed by atoms with Gasteiger partial charge in [-0.3, -0.25) is 0 Å². The minimum Gasteiger partial charge on any atom is -0.309 e. The first-order valence-corrected chi connectivity index (χ1v) is 21.3. The number of para-hydroxylation sites is 6. The van der Waals surface area contributed by atoms with Crippen LogP contribution in [0.25, 0.3) is 88.8 Å². The van der Waals surface area contributed by atoms with Gasteiger partial charge in [0.05, 0.1) is 39.6 Å². The van der Waals surface area contributed by atoms with E-state index in [-0.39, 0.29) is 0 Å². The molecule has 0 fully saturated rings. The fourth-order valence-electron chi connectivity index (χ4n) is 9.38. The van der Waals surface area contributed by atoms with E-state index in [2.05, 4.69) is 220 Å². The number of aromatic nitrogens is 4. The van der Waals surface area contributed by atoms with Crippen molar-refractivity contribution < 1.29 is 0 Å². The highest BCUT2D eigenvalue weighted by atomic mass is 15.2. The fraction of sp³-hybridized carbons (Fsp3) is 0. The van der Waals surface area contributed by atoms with Gasteiger partial charge in [0.25, 0.3) is 0 Å². The molecule has 0 aliphatic heterocycles. The molecule has 0 bridgehead atoms. The summed E-state index contributed by atoms with van der Waals surface area (Å²) in [6, 6.07) is 81.9. The first-order chi connectivity index (χ1) is 31.3. The normalized spacial score (nSPS) is 11.5. The molecule has 12 aromatic rings. The zero-order valence-corrected chi connectivity index (χ0v) is 34.3. The van der Waals surface area contributed by atoms with Crippen LogP contribution in [0.5, 0.6) is 0 Å². The first kappa shape index (κ1) is 36.3. The van der Waals surface area contributed by atoms with Crippen LogP contribution in [-0.4, -0.2) is 19.1 Å². The highest BCUT2D eigenvalue weighted by molar-refractivity contribution is 6.14. The minimum atomic E-state index is 0.673. The molecule has 0 saturated carbocycles. The molecule has 12 rings (SSSR count). The number of fused-ring (bicyclic) bond motifs is 6. The fourth-order valence-corrected chi connectivity index (χ4v) is 9.38. The summed E-state index contributed by atoms with van der Waals surface area (Å²) < 4.78 is 4.84. The summed E-state index contributed by atoms with van der Waals surface area (Å²) in [4.78, 5) is 12.8. The van der Waals surface area contributed by atoms with E-state index in [1.54, 1.807) is 0 Å². The lowest BCUT2D eigenvalue weighted by Crippen LogP contribution is -2.14. The van der Waals surface area contributed by atoms with Crippen molar-refractivity contribution in [2.45, 2.75) is 0 Å². The number of rotatable bonds is 8. The van der Waals surface area contributed by atoms with Crippen molar-refractivity contribution in [1.29, 1.82) is 0 Å². The monoisotopic (exact) mass is 805 g/mol. The van der Waals surface area contributed by atoms with Crippen LogP contribution in [0.1, 0.15) is 0 Å². The third kappa shape index (κ3) is 6.17. The van der Waals surface area contributed by atoms with E-state index in [0.29, 0.717) is 5.82 Å². The molecule has 0 saturated heterocycles. The van der Waals surface area contributed by atoms with Gasteiger partial charge in [0, 0.05) is 61.0 Å². The summed E-state index contributed by atoms with van der Waals surface area (Å²) in [6.45, 7) is 0. The molecule has 0 N–H and O–H groups in total. The summed E-state index contributed by atoms with van der Waals surface area (Å²) >= 11 is 0. The third-order valence-electron chi connectivity index (χ3n) is 12.1. The lowest BCUT2D eigenvalue weighted by molar-refractivity contribution is 1.13. The Labute approximate surface area is 365 Å². The third-order valence-corrected chi connectivity index (χ3v) is 12.1. The first-order valence-electron chi connectivity index (χ1n) is 21.3. The zero-order valence-electron chi connectivity index (χ0n) is 34.3. The topological polar surface area (TPSA) is 38.9 Å². The Morgan fingerprint density at radius 3 is 1.54 bits per heavy atom. The second kappa shape index (κ2) is 15.2. The van der Waals surface area contributed by atoms with Gasteiger partial charge in [0.15, 0.2) is 5.82 Å². The molecular weight excluding hydrogens is 767 g/mol. The van der Waals surface area contributed by atoms with Crippen LogP contribution in [-0.2, 0) is 0 Å². The highest BCUT2D eigenvalue weighted by Gasteiger charge is 2.24. The van der Waals surface area contributed by atoms with E-state index >= 15 is 0 Å². The van der Waals surface area contributed by atoms with Crippen molar-refractivity contribution in [1.82, 2.24) is 19.1 Å². The molecule has 5 heteroatoms. The molecule has 0 aliphatic carbocycles. The molecule has 3 heterocycles. The van der Waals surface area contributed by atoms with Crippen molar-refractivity contribution in [3.63, 3.8) is 0 Å². The highest BCUT2D eigenvalue weighted by Crippen LogP contribution is 2.45. The molecule has 5 nitrogen and oxygen atoms in total. The summed E-state index contributed by atoms with van der Waals surface area (Å²) in [6.07, 6.45) is 1.99. The molecule has 0 spiro atoms. The van der Waals surface area contributed by atoms with E-state index in [9.17, 15) is 0 Å². The van der Waals surface area contributed by atoms with Crippen LogP contribution in [0, 0.1) is 0 Å². The number of anilines is 3. The molecule has 9 aromatic carbocycles. The number of hydrogen-bond donors (Lipinski definition) is 0. The maximum absolute atomic E-state index is 5.37. The van der Waals surface area contributed by atoms with Gasteiger partial charge in [0.2, 0.25) is 0 Å². The molecule has 0 atom stereocenters. The van der Waals surface area contributed by atoms with Gasteiger partial charge in [-0.25, -0.2) is 9.97 Å². The smallest absolute Gasteiger partial charge is 0.159 e. The molecule has 0 aliphatic rings. The van der Waals surface area contributed by atoms with E-state index in [1.165, 1.54) is 27.1 Å². The van der Waals surface area contributed by atoms with Crippen LogP contribution < -0.4 is 4.90 Å². The van der Waals surface area contributed by atoms with Crippen molar-refractivity contribution >= 4 is 60.7 Å². The number of hydrogen-bond acceptors (Lipinski definition) is 3. The Morgan fingerprint density at radius 1 is 0.365 bits per heavy atom. The van der Waals surface area contributed by atoms with E-state index in [0.717, 1.165) is 72.9 Å². The molecule has 296 valence electrons. The van der Waals surface area contributed by atoms with Gasteiger partial charge in [-0.2, -0.15) is 0 Å². The Balaban J connectivity index is 1.20. The van der Waals surface area contributed by atoms with Crippen molar-refractivity contribution in [2.75, 3.05) is 4.90 Å². The summed E-state index contributed by atoms with van der Waals surface area (Å²) in [5, 5.41) is 4.84. The van der Waals surface area contributed by atoms with E-state index < -0.39 is 0 Å². The Kier molecular flexibility index (Phi) is 8.75. The predicted molar refractivity (Wildman–Crippen MR) is 262 cm³/mol. The van der Waals surface area contributed by atoms with Crippen molar-refractivity contribution in [3.05, 3.63) is 237 Å². The second-order valence-corrected chi connectivity index (χ2v) is 15.8. The zero-order chi connectivity index (χ0) is 41.7. The Morgan fingerprint density at radius 2 is 0.889 bits per heavy atom. The van der Waals surface area contributed by atoms with Gasteiger partial charge in [-0.1, -0.05) is 170 Å². The summed E-state index contributed by atoms with van der Waals surface area (Å²) in [5.41, 5.74) is 14.6. The molecule has 63 heavy (non-hydrogen) atoms. The SMILES string of the molecule is c1ccc(-c2ncc(N(c3ccccc3)c3cc(-c4cccc5c6ccccc6n(-c6ccccc6)c45)cc(-n4c5ccccc5c5ccccc54)c3)c(-c3ccccc3)n2)cc1. The summed E-state index contributed by atoms with van der Waals surface area (Å²) in [5.74, 6) is 0.673. The average Bonchev–Trinajstić information content (AvgIpc) is 3.89. The molecule has 0 unspecified atom stereocenters. The van der Waals surface area contributed by atoms with Gasteiger partial charge in [0.1, 0.15) is 0 Å². The van der Waals surface area contributed by atoms with Crippen LogP contribution >= 0.6 is 0 Å². The number of nitrogens with zero attached hydrogens (tertiary/aromatic N) is 5. The van der Waals surface area contributed by atoms with Crippen LogP contribution in [0.4, 0.5) is 17.1 Å². The van der Waals surface area contributed by atoms with Crippen LogP contribution in [0.3, 0.4) is 0 Å². The number of benzene rings is 9. The van der Waals surface area contributed by atoms with E-state index in [4.69, 9.17) is 9.97 Å². The average molecular weight is 806 g/mol. The lowest BCUT2D eigenvalue weighted by Gasteiger charge is -2.28. The van der Waals surface area contributed by atoms with Crippen molar-refractivity contribution in [3.8, 4) is 45.1 Å². The van der Waals surface area contributed by atoms with Gasteiger partial charge in [-0.15, -0.1) is 0 Å². The van der Waals surface area contributed by atoms with Gasteiger partial charge >= 0.3 is 0 Å². The minimum absolute atomic E-state index is 0.673. The molecule has 0 amide bonds. The molecule has 0 radical (unpaired) electrons. The predicted octanol–water partition coefficient (Wildman–Crippen LogP) is 15.1. The Hall–Kier alpha value is -8.54. The lowest BCUT2D eigenvalue weighted by atomic mass is 9.99. The largest absolute Gasteiger partial charge is 0.309 e. The van der Waals surface area contributed by atoms with Crippen LogP contribution in [0.2, 0.25) is 0 Å². The molecule has 3 aromatic heterocycles. The second-order valence-electron chi connectivity index (χ2n) is 15.8. The van der Waals surface area contributed by atoms with Crippen molar-refractivity contribution in [2.24, 2.45) is 0 Å². The van der Waals surface area contributed by atoms with Crippen LogP contribution in [0.15, 0.2) is 237 Å². The quantitative estimate of drug-likeness (QED) is 0.154. The maximum atomic E-state index is 5.37. The Bertz CT molecular complexity index is 3560. The maximum Gasteiger partial charge on any atom is 0.159 e. The summed E-state index contributed by atoms with van der Waals surface area (Å²) in [7, 11) is 0. The standard InChI is InChI=1S/C58H39N5/c1-5-20-40(21-6-1)56-55(39-59-58(60-56)41-22-7-2-8-23-41)61(43-24-9-3-10-25-43)45-36-42(37-46(38-45)62-52-33-16-13-28-48(52)49-29-14-17-34-53(49)62)47-31-19-32-51-50-30-15-18-35-54(50)63(57(47)51)44-26-11-4-12-27-44/h1-39H.